The van der Waals surface area contributed by atoms with Crippen LogP contribution in [-0.4, -0.2) is 13.1 Å². The molecule has 4 saturated carbocycles. The van der Waals surface area contributed by atoms with Crippen molar-refractivity contribution in [3.8, 4) is 0 Å². The smallest absolute Gasteiger partial charge is 0.00671 e. The molecule has 0 saturated heterocycles. The van der Waals surface area contributed by atoms with Crippen LogP contribution < -0.4 is 5.32 Å². The van der Waals surface area contributed by atoms with Crippen molar-refractivity contribution in [3.63, 3.8) is 0 Å². The van der Waals surface area contributed by atoms with E-state index in [0.717, 1.165) is 53.4 Å². The Morgan fingerprint density at radius 2 is 1.55 bits per heavy atom. The highest BCUT2D eigenvalue weighted by Crippen LogP contribution is 2.68. The first-order chi connectivity index (χ1) is 14.7. The maximum atomic E-state index is 3.62. The van der Waals surface area contributed by atoms with Gasteiger partial charge in [-0.1, -0.05) is 54.4 Å². The van der Waals surface area contributed by atoms with Gasteiger partial charge in [-0.25, -0.2) is 0 Å². The summed E-state index contributed by atoms with van der Waals surface area (Å²) < 4.78 is 0. The summed E-state index contributed by atoms with van der Waals surface area (Å²) in [5.41, 5.74) is 1.29. The molecule has 0 spiro atoms. The summed E-state index contributed by atoms with van der Waals surface area (Å²) in [4.78, 5) is 0. The second-order valence-electron chi connectivity index (χ2n) is 13.6. The molecule has 1 N–H and O–H groups in total. The molecule has 0 aromatic carbocycles. The first kappa shape index (κ1) is 24.1. The van der Waals surface area contributed by atoms with Gasteiger partial charge in [-0.05, 0) is 129 Å². The van der Waals surface area contributed by atoms with Crippen molar-refractivity contribution < 1.29 is 0 Å². The van der Waals surface area contributed by atoms with Crippen molar-refractivity contribution in [2.45, 2.75) is 125 Å². The van der Waals surface area contributed by atoms with Crippen LogP contribution in [0.3, 0.4) is 0 Å². The first-order valence-corrected chi connectivity index (χ1v) is 14.4. The zero-order valence-corrected chi connectivity index (χ0v) is 22.2. The lowest BCUT2D eigenvalue weighted by molar-refractivity contribution is -0.117. The minimum Gasteiger partial charge on any atom is -0.317 e. The fourth-order valence-corrected chi connectivity index (χ4v) is 10.2. The van der Waals surface area contributed by atoms with Gasteiger partial charge < -0.3 is 5.32 Å². The van der Waals surface area contributed by atoms with Crippen LogP contribution in [0.1, 0.15) is 119 Å². The molecule has 10 atom stereocenters. The molecule has 6 unspecified atom stereocenters. The maximum Gasteiger partial charge on any atom is 0.00671 e. The molecule has 0 aromatic rings. The number of fused-ring (bicyclic) bond motifs is 5. The summed E-state index contributed by atoms with van der Waals surface area (Å²) in [5.74, 6) is 7.81. The third-order valence-electron chi connectivity index (χ3n) is 12.3. The molecular formula is C30H55N. The summed E-state index contributed by atoms with van der Waals surface area (Å²) in [5, 5.41) is 3.62. The third kappa shape index (κ3) is 4.17. The summed E-state index contributed by atoms with van der Waals surface area (Å²) in [6.45, 7) is 15.4. The molecule has 180 valence electrons. The Morgan fingerprint density at radius 3 is 2.23 bits per heavy atom. The van der Waals surface area contributed by atoms with Crippen molar-refractivity contribution in [3.05, 3.63) is 0 Å². The van der Waals surface area contributed by atoms with Gasteiger partial charge in [-0.15, -0.1) is 0 Å². The van der Waals surface area contributed by atoms with Gasteiger partial charge in [-0.2, -0.15) is 0 Å². The molecule has 1 heteroatoms. The van der Waals surface area contributed by atoms with Crippen molar-refractivity contribution in [2.75, 3.05) is 7.05 Å². The Labute approximate surface area is 195 Å². The molecule has 31 heavy (non-hydrogen) atoms. The van der Waals surface area contributed by atoms with Crippen LogP contribution in [0.5, 0.6) is 0 Å². The van der Waals surface area contributed by atoms with Gasteiger partial charge >= 0.3 is 0 Å². The van der Waals surface area contributed by atoms with Gasteiger partial charge in [0.1, 0.15) is 0 Å². The normalized spacial score (nSPS) is 46.8. The van der Waals surface area contributed by atoms with E-state index in [9.17, 15) is 0 Å². The van der Waals surface area contributed by atoms with Gasteiger partial charge in [-0.3, -0.25) is 0 Å². The van der Waals surface area contributed by atoms with Crippen LogP contribution in [0.4, 0.5) is 0 Å². The average Bonchev–Trinajstić information content (AvgIpc) is 3.10. The van der Waals surface area contributed by atoms with Crippen LogP contribution in [0.15, 0.2) is 0 Å². The van der Waals surface area contributed by atoms with Crippen LogP contribution in [0, 0.1) is 58.2 Å². The SMILES string of the molecule is CCC(CC[C@@H](C)C1CCC2C3CCC4C[C@@H](NC)CC[C@]4(C)C3CC[C@@]21C)C(C)C. The minimum absolute atomic E-state index is 0.644. The highest BCUT2D eigenvalue weighted by Gasteiger charge is 2.60. The number of hydrogen-bond acceptors (Lipinski definition) is 1. The maximum absolute atomic E-state index is 3.62. The second kappa shape index (κ2) is 9.31. The van der Waals surface area contributed by atoms with Crippen LogP contribution in [0.25, 0.3) is 0 Å². The molecule has 0 heterocycles. The summed E-state index contributed by atoms with van der Waals surface area (Å²) in [6, 6.07) is 0.790. The highest BCUT2D eigenvalue weighted by molar-refractivity contribution is 5.10. The van der Waals surface area contributed by atoms with E-state index < -0.39 is 0 Å². The molecule has 4 aliphatic rings. The summed E-state index contributed by atoms with van der Waals surface area (Å²) in [7, 11) is 2.19. The van der Waals surface area contributed by atoms with Crippen LogP contribution >= 0.6 is 0 Å². The second-order valence-corrected chi connectivity index (χ2v) is 13.6. The van der Waals surface area contributed by atoms with Crippen LogP contribution in [-0.2, 0) is 0 Å². The summed E-state index contributed by atoms with van der Waals surface area (Å²) in [6.07, 6.45) is 17.9. The van der Waals surface area contributed by atoms with E-state index in [1.807, 2.05) is 0 Å². The first-order valence-electron chi connectivity index (χ1n) is 14.4. The molecule has 0 bridgehead atoms. The lowest BCUT2D eigenvalue weighted by Crippen LogP contribution is -2.55. The standard InChI is InChI=1S/C30H55N/c1-8-22(20(2)3)10-9-21(4)26-13-14-27-25-12-11-23-19-24(31-7)15-17-29(23,5)28(25)16-18-30(26,27)6/h20-28,31H,8-19H2,1-7H3/t21-,22?,23?,24+,25?,26?,27?,28?,29+,30-/m1/s1. The Balaban J connectivity index is 1.44. The van der Waals surface area contributed by atoms with E-state index in [1.54, 1.807) is 19.3 Å². The molecular weight excluding hydrogens is 374 g/mol. The molecule has 0 radical (unpaired) electrons. The summed E-state index contributed by atoms with van der Waals surface area (Å²) >= 11 is 0. The lowest BCUT2D eigenvalue weighted by atomic mass is 9.44. The zero-order valence-electron chi connectivity index (χ0n) is 22.2. The van der Waals surface area contributed by atoms with E-state index in [-0.39, 0.29) is 0 Å². The van der Waals surface area contributed by atoms with Crippen molar-refractivity contribution >= 4 is 0 Å². The Kier molecular flexibility index (Phi) is 7.23. The predicted octanol–water partition coefficient (Wildman–Crippen LogP) is 8.33. The zero-order chi connectivity index (χ0) is 22.4. The Hall–Kier alpha value is -0.0400. The van der Waals surface area contributed by atoms with Crippen molar-refractivity contribution in [1.82, 2.24) is 5.32 Å². The largest absolute Gasteiger partial charge is 0.317 e. The van der Waals surface area contributed by atoms with E-state index >= 15 is 0 Å². The van der Waals surface area contributed by atoms with E-state index in [1.165, 1.54) is 57.8 Å². The number of nitrogens with one attached hydrogen (secondary N) is 1. The van der Waals surface area contributed by atoms with E-state index in [0.29, 0.717) is 10.8 Å². The third-order valence-corrected chi connectivity index (χ3v) is 12.3. The molecule has 1 nitrogen and oxygen atoms in total. The van der Waals surface area contributed by atoms with E-state index in [4.69, 9.17) is 0 Å². The monoisotopic (exact) mass is 429 g/mol. The van der Waals surface area contributed by atoms with Crippen LogP contribution in [0.2, 0.25) is 0 Å². The molecule has 0 aliphatic heterocycles. The Bertz CT molecular complexity index is 597. The average molecular weight is 430 g/mol. The fraction of sp³-hybridized carbons (Fsp3) is 1.00. The van der Waals surface area contributed by atoms with Crippen molar-refractivity contribution in [2.24, 2.45) is 58.2 Å². The van der Waals surface area contributed by atoms with Gasteiger partial charge in [0, 0.05) is 6.04 Å². The van der Waals surface area contributed by atoms with Gasteiger partial charge in [0.05, 0.1) is 0 Å². The number of rotatable bonds is 7. The van der Waals surface area contributed by atoms with E-state index in [2.05, 4.69) is 53.9 Å². The molecule has 0 aromatic heterocycles. The van der Waals surface area contributed by atoms with Gasteiger partial charge in [0.15, 0.2) is 0 Å². The predicted molar refractivity (Wildman–Crippen MR) is 135 cm³/mol. The van der Waals surface area contributed by atoms with Gasteiger partial charge in [0.2, 0.25) is 0 Å². The molecule has 0 amide bonds. The Morgan fingerprint density at radius 1 is 0.839 bits per heavy atom. The number of hydrogen-bond donors (Lipinski definition) is 1. The quantitative estimate of drug-likeness (QED) is 0.429. The van der Waals surface area contributed by atoms with Crippen molar-refractivity contribution in [1.29, 1.82) is 0 Å². The lowest BCUT2D eigenvalue weighted by Gasteiger charge is -2.61. The fourth-order valence-electron chi connectivity index (χ4n) is 10.2. The molecule has 4 rings (SSSR count). The highest BCUT2D eigenvalue weighted by atomic mass is 14.9. The topological polar surface area (TPSA) is 12.0 Å². The molecule has 4 fully saturated rings. The minimum atomic E-state index is 0.644. The molecule has 4 aliphatic carbocycles. The van der Waals surface area contributed by atoms with Gasteiger partial charge in [0.25, 0.3) is 0 Å².